The number of nitrogens with one attached hydrogen (secondary N) is 1. The number of carbonyl (C=O) groups excluding carboxylic acids is 1. The first-order valence-corrected chi connectivity index (χ1v) is 7.55. The molecule has 1 rings (SSSR count). The molecule has 0 aliphatic heterocycles. The smallest absolute Gasteiger partial charge is 0.220 e. The molecule has 0 saturated heterocycles. The van der Waals surface area contributed by atoms with Crippen LogP contribution in [0.25, 0.3) is 0 Å². The van der Waals surface area contributed by atoms with Crippen molar-refractivity contribution >= 4 is 5.91 Å². The predicted molar refractivity (Wildman–Crippen MR) is 84.6 cm³/mol. The van der Waals surface area contributed by atoms with Crippen molar-refractivity contribution < 1.29 is 4.79 Å². The van der Waals surface area contributed by atoms with E-state index in [1.807, 2.05) is 13.8 Å². The number of amides is 1. The Balaban J connectivity index is 2.45. The maximum Gasteiger partial charge on any atom is 0.220 e. The summed E-state index contributed by atoms with van der Waals surface area (Å²) in [7, 11) is 0. The number of benzene rings is 1. The van der Waals surface area contributed by atoms with Crippen LogP contribution in [0.1, 0.15) is 70.0 Å². The van der Waals surface area contributed by atoms with Gasteiger partial charge in [-0.1, -0.05) is 38.1 Å². The molecule has 0 spiro atoms. The normalized spacial score (nSPS) is 14.1. The van der Waals surface area contributed by atoms with E-state index in [-0.39, 0.29) is 18.0 Å². The third-order valence-electron chi connectivity index (χ3n) is 3.54. The Morgan fingerprint density at radius 3 is 2.15 bits per heavy atom. The second-order valence-electron chi connectivity index (χ2n) is 5.98. The van der Waals surface area contributed by atoms with Crippen molar-refractivity contribution in [1.29, 1.82) is 0 Å². The van der Waals surface area contributed by atoms with Gasteiger partial charge in [0.15, 0.2) is 0 Å². The Bertz CT molecular complexity index is 410. The lowest BCUT2D eigenvalue weighted by atomic mass is 9.99. The summed E-state index contributed by atoms with van der Waals surface area (Å²) in [5.41, 5.74) is 8.15. The Labute approximate surface area is 122 Å². The summed E-state index contributed by atoms with van der Waals surface area (Å²) in [5, 5.41) is 3.04. The van der Waals surface area contributed by atoms with Crippen molar-refractivity contribution in [3.63, 3.8) is 0 Å². The molecule has 0 heterocycles. The lowest BCUT2D eigenvalue weighted by molar-refractivity contribution is -0.121. The number of hydrogen-bond donors (Lipinski definition) is 2. The third kappa shape index (κ3) is 5.74. The molecule has 1 aromatic rings. The van der Waals surface area contributed by atoms with Gasteiger partial charge in [-0.25, -0.2) is 0 Å². The molecule has 0 aliphatic carbocycles. The number of carbonyl (C=O) groups is 1. The maximum atomic E-state index is 11.8. The highest BCUT2D eigenvalue weighted by Gasteiger charge is 2.10. The van der Waals surface area contributed by atoms with Crippen molar-refractivity contribution in [2.45, 2.75) is 65.0 Å². The number of nitrogens with two attached hydrogens (primary N) is 1. The van der Waals surface area contributed by atoms with E-state index in [0.29, 0.717) is 12.3 Å². The Morgan fingerprint density at radius 1 is 1.10 bits per heavy atom. The Kier molecular flexibility index (Phi) is 6.73. The molecule has 0 bridgehead atoms. The van der Waals surface area contributed by atoms with Crippen LogP contribution in [0.4, 0.5) is 0 Å². The summed E-state index contributed by atoms with van der Waals surface area (Å²) < 4.78 is 0. The van der Waals surface area contributed by atoms with Gasteiger partial charge < -0.3 is 11.1 Å². The molecular weight excluding hydrogens is 248 g/mol. The lowest BCUT2D eigenvalue weighted by Gasteiger charge is -2.15. The highest BCUT2D eigenvalue weighted by Crippen LogP contribution is 2.18. The van der Waals surface area contributed by atoms with E-state index in [2.05, 4.69) is 43.4 Å². The van der Waals surface area contributed by atoms with E-state index >= 15 is 0 Å². The molecule has 3 nitrogen and oxygen atoms in total. The van der Waals surface area contributed by atoms with Crippen molar-refractivity contribution in [3.8, 4) is 0 Å². The van der Waals surface area contributed by atoms with Gasteiger partial charge in [-0.05, 0) is 43.7 Å². The maximum absolute atomic E-state index is 11.8. The van der Waals surface area contributed by atoms with Gasteiger partial charge in [0.1, 0.15) is 0 Å². The zero-order valence-electron chi connectivity index (χ0n) is 13.1. The van der Waals surface area contributed by atoms with Crippen LogP contribution in [0, 0.1) is 0 Å². The van der Waals surface area contributed by atoms with E-state index in [4.69, 9.17) is 5.73 Å². The molecule has 3 heteroatoms. The Morgan fingerprint density at radius 2 is 1.65 bits per heavy atom. The van der Waals surface area contributed by atoms with Crippen LogP contribution in [-0.2, 0) is 4.79 Å². The molecule has 3 N–H and O–H groups in total. The molecule has 112 valence electrons. The molecule has 1 amide bonds. The first-order valence-electron chi connectivity index (χ1n) is 7.55. The molecule has 0 saturated carbocycles. The van der Waals surface area contributed by atoms with E-state index in [0.717, 1.165) is 18.4 Å². The molecule has 2 atom stereocenters. The van der Waals surface area contributed by atoms with Crippen LogP contribution in [-0.4, -0.2) is 11.9 Å². The third-order valence-corrected chi connectivity index (χ3v) is 3.54. The minimum Gasteiger partial charge on any atom is -0.350 e. The highest BCUT2D eigenvalue weighted by molar-refractivity contribution is 5.76. The fourth-order valence-electron chi connectivity index (χ4n) is 2.15. The average Bonchev–Trinajstić information content (AvgIpc) is 2.38. The molecule has 0 radical (unpaired) electrons. The van der Waals surface area contributed by atoms with Gasteiger partial charge >= 0.3 is 0 Å². The topological polar surface area (TPSA) is 55.1 Å². The summed E-state index contributed by atoms with van der Waals surface area (Å²) in [6.45, 7) is 8.35. The minimum atomic E-state index is 0.0546. The standard InChI is InChI=1S/C17H28N2O/c1-12(2)15-8-10-16(11-9-15)14(4)19-17(20)7-5-6-13(3)18/h8-14H,5-7,18H2,1-4H3,(H,19,20). The predicted octanol–water partition coefficient (Wildman–Crippen LogP) is 3.50. The molecule has 20 heavy (non-hydrogen) atoms. The fourth-order valence-corrected chi connectivity index (χ4v) is 2.15. The molecule has 2 unspecified atom stereocenters. The second-order valence-corrected chi connectivity index (χ2v) is 5.98. The summed E-state index contributed by atoms with van der Waals surface area (Å²) in [6, 6.07) is 8.70. The highest BCUT2D eigenvalue weighted by atomic mass is 16.1. The van der Waals surface area contributed by atoms with Crippen LogP contribution < -0.4 is 11.1 Å². The van der Waals surface area contributed by atoms with Crippen molar-refractivity contribution in [2.75, 3.05) is 0 Å². The quantitative estimate of drug-likeness (QED) is 0.800. The van der Waals surface area contributed by atoms with Gasteiger partial charge in [0.05, 0.1) is 6.04 Å². The first-order chi connectivity index (χ1) is 9.40. The summed E-state index contributed by atoms with van der Waals surface area (Å²) in [6.07, 6.45) is 2.29. The largest absolute Gasteiger partial charge is 0.350 e. The summed E-state index contributed by atoms with van der Waals surface area (Å²) in [4.78, 5) is 11.8. The van der Waals surface area contributed by atoms with Crippen LogP contribution in [0.3, 0.4) is 0 Å². The summed E-state index contributed by atoms with van der Waals surface area (Å²) in [5.74, 6) is 0.637. The van der Waals surface area contributed by atoms with Crippen LogP contribution in [0.15, 0.2) is 24.3 Å². The fraction of sp³-hybridized carbons (Fsp3) is 0.588. The average molecular weight is 276 g/mol. The number of hydrogen-bond acceptors (Lipinski definition) is 2. The van der Waals surface area contributed by atoms with E-state index in [9.17, 15) is 4.79 Å². The molecule has 0 aliphatic rings. The molecule has 1 aromatic carbocycles. The van der Waals surface area contributed by atoms with Gasteiger partial charge in [-0.3, -0.25) is 4.79 Å². The lowest BCUT2D eigenvalue weighted by Crippen LogP contribution is -2.26. The monoisotopic (exact) mass is 276 g/mol. The van der Waals surface area contributed by atoms with E-state index in [1.165, 1.54) is 5.56 Å². The first kappa shape index (κ1) is 16.7. The Hall–Kier alpha value is -1.35. The van der Waals surface area contributed by atoms with Gasteiger partial charge in [-0.15, -0.1) is 0 Å². The van der Waals surface area contributed by atoms with Crippen molar-refractivity contribution in [1.82, 2.24) is 5.32 Å². The van der Waals surface area contributed by atoms with Gasteiger partial charge in [-0.2, -0.15) is 0 Å². The zero-order valence-corrected chi connectivity index (χ0v) is 13.1. The zero-order chi connectivity index (χ0) is 15.1. The SMILES string of the molecule is CC(N)CCCC(=O)NC(C)c1ccc(C(C)C)cc1. The van der Waals surface area contributed by atoms with E-state index < -0.39 is 0 Å². The van der Waals surface area contributed by atoms with Gasteiger partial charge in [0.2, 0.25) is 5.91 Å². The van der Waals surface area contributed by atoms with Crippen LogP contribution in [0.5, 0.6) is 0 Å². The second kappa shape index (κ2) is 8.05. The number of rotatable bonds is 7. The van der Waals surface area contributed by atoms with Crippen molar-refractivity contribution in [2.24, 2.45) is 5.73 Å². The molecule has 0 fully saturated rings. The van der Waals surface area contributed by atoms with Gasteiger partial charge in [0.25, 0.3) is 0 Å². The van der Waals surface area contributed by atoms with Crippen molar-refractivity contribution in [3.05, 3.63) is 35.4 Å². The molecular formula is C17H28N2O. The van der Waals surface area contributed by atoms with Gasteiger partial charge in [0, 0.05) is 12.5 Å². The van der Waals surface area contributed by atoms with Crippen LogP contribution in [0.2, 0.25) is 0 Å². The van der Waals surface area contributed by atoms with Crippen LogP contribution >= 0.6 is 0 Å². The minimum absolute atomic E-state index is 0.0546. The summed E-state index contributed by atoms with van der Waals surface area (Å²) >= 11 is 0. The van der Waals surface area contributed by atoms with E-state index in [1.54, 1.807) is 0 Å². The molecule has 0 aromatic heterocycles.